The number of nitrogens with one attached hydrogen (secondary N) is 1. The van der Waals surface area contributed by atoms with Gasteiger partial charge in [-0.25, -0.2) is 4.98 Å². The van der Waals surface area contributed by atoms with E-state index in [1.54, 1.807) is 6.92 Å². The highest BCUT2D eigenvalue weighted by Gasteiger charge is 2.24. The van der Waals surface area contributed by atoms with Crippen molar-refractivity contribution in [2.75, 3.05) is 13.1 Å². The van der Waals surface area contributed by atoms with E-state index in [9.17, 15) is 4.79 Å². The van der Waals surface area contributed by atoms with Crippen molar-refractivity contribution < 1.29 is 4.79 Å². The zero-order valence-electron chi connectivity index (χ0n) is 10.5. The van der Waals surface area contributed by atoms with Crippen LogP contribution in [0.3, 0.4) is 0 Å². The second-order valence-corrected chi connectivity index (χ2v) is 4.94. The van der Waals surface area contributed by atoms with Crippen LogP contribution in [-0.4, -0.2) is 33.9 Å². The summed E-state index contributed by atoms with van der Waals surface area (Å²) in [5, 5.41) is 0. The first-order chi connectivity index (χ1) is 8.74. The number of piperidine rings is 1. The van der Waals surface area contributed by atoms with Crippen LogP contribution in [0.5, 0.6) is 0 Å². The van der Waals surface area contributed by atoms with Gasteiger partial charge in [-0.1, -0.05) is 12.1 Å². The van der Waals surface area contributed by atoms with Crippen LogP contribution in [0.1, 0.15) is 31.5 Å². The molecule has 1 saturated heterocycles. The number of aromatic amines is 1. The zero-order chi connectivity index (χ0) is 12.5. The molecule has 4 nitrogen and oxygen atoms in total. The largest absolute Gasteiger partial charge is 0.342 e. The quantitative estimate of drug-likeness (QED) is 0.835. The number of imidazole rings is 1. The molecule has 1 amide bonds. The standard InChI is InChI=1S/C14H17N3O/c1-10(18)17-8-4-5-11(9-17)14-15-12-6-2-3-7-13(12)16-14/h2-3,6-7,11H,4-5,8-9H2,1H3,(H,15,16)/t11-/m1/s1. The lowest BCUT2D eigenvalue weighted by atomic mass is 9.97. The smallest absolute Gasteiger partial charge is 0.219 e. The fourth-order valence-electron chi connectivity index (χ4n) is 2.65. The molecule has 0 spiro atoms. The van der Waals surface area contributed by atoms with Gasteiger partial charge in [0.2, 0.25) is 5.91 Å². The van der Waals surface area contributed by atoms with E-state index in [1.807, 2.05) is 29.2 Å². The molecule has 94 valence electrons. The Morgan fingerprint density at radius 1 is 1.44 bits per heavy atom. The molecule has 1 aromatic heterocycles. The van der Waals surface area contributed by atoms with Crippen LogP contribution in [0.2, 0.25) is 0 Å². The molecule has 4 heteroatoms. The van der Waals surface area contributed by atoms with Gasteiger partial charge in [-0.3, -0.25) is 4.79 Å². The molecule has 1 aliphatic heterocycles. The Kier molecular flexibility index (Phi) is 2.78. The summed E-state index contributed by atoms with van der Waals surface area (Å²) in [4.78, 5) is 21.4. The lowest BCUT2D eigenvalue weighted by Gasteiger charge is -2.30. The molecule has 1 aromatic carbocycles. The molecule has 0 saturated carbocycles. The van der Waals surface area contributed by atoms with Gasteiger partial charge in [0.15, 0.2) is 0 Å². The maximum atomic E-state index is 11.4. The molecule has 3 rings (SSSR count). The summed E-state index contributed by atoms with van der Waals surface area (Å²) >= 11 is 0. The number of para-hydroxylation sites is 2. The molecular formula is C14H17N3O. The Morgan fingerprint density at radius 2 is 2.28 bits per heavy atom. The normalized spacial score (nSPS) is 20.3. The molecule has 0 aliphatic carbocycles. The Labute approximate surface area is 106 Å². The van der Waals surface area contributed by atoms with E-state index >= 15 is 0 Å². The Morgan fingerprint density at radius 3 is 3.06 bits per heavy atom. The fourth-order valence-corrected chi connectivity index (χ4v) is 2.65. The first-order valence-corrected chi connectivity index (χ1v) is 6.44. The number of carbonyl (C=O) groups excluding carboxylic acids is 1. The molecule has 18 heavy (non-hydrogen) atoms. The number of fused-ring (bicyclic) bond motifs is 1. The van der Waals surface area contributed by atoms with Crippen molar-refractivity contribution in [2.45, 2.75) is 25.7 Å². The summed E-state index contributed by atoms with van der Waals surface area (Å²) in [6, 6.07) is 8.06. The van der Waals surface area contributed by atoms with Crippen LogP contribution in [0.25, 0.3) is 11.0 Å². The first-order valence-electron chi connectivity index (χ1n) is 6.44. The third kappa shape index (κ3) is 1.98. The zero-order valence-corrected chi connectivity index (χ0v) is 10.5. The molecule has 2 heterocycles. The van der Waals surface area contributed by atoms with E-state index in [-0.39, 0.29) is 5.91 Å². The summed E-state index contributed by atoms with van der Waals surface area (Å²) in [5.74, 6) is 1.52. The maximum absolute atomic E-state index is 11.4. The predicted molar refractivity (Wildman–Crippen MR) is 70.3 cm³/mol. The summed E-state index contributed by atoms with van der Waals surface area (Å²) in [6.07, 6.45) is 2.16. The second kappa shape index (κ2) is 4.44. The number of amides is 1. The van der Waals surface area contributed by atoms with E-state index in [0.29, 0.717) is 5.92 Å². The molecular weight excluding hydrogens is 226 g/mol. The number of hydrogen-bond donors (Lipinski definition) is 1. The number of H-pyrrole nitrogens is 1. The second-order valence-electron chi connectivity index (χ2n) is 4.94. The van der Waals surface area contributed by atoms with Crippen molar-refractivity contribution in [3.63, 3.8) is 0 Å². The Bertz CT molecular complexity index is 542. The van der Waals surface area contributed by atoms with Gasteiger partial charge in [0, 0.05) is 25.9 Å². The van der Waals surface area contributed by atoms with Crippen molar-refractivity contribution in [1.29, 1.82) is 0 Å². The number of benzene rings is 1. The topological polar surface area (TPSA) is 49.0 Å². The molecule has 0 unspecified atom stereocenters. The molecule has 0 bridgehead atoms. The van der Waals surface area contributed by atoms with Crippen LogP contribution in [-0.2, 0) is 4.79 Å². The van der Waals surface area contributed by atoms with E-state index in [0.717, 1.165) is 42.8 Å². The van der Waals surface area contributed by atoms with Gasteiger partial charge in [-0.2, -0.15) is 0 Å². The van der Waals surface area contributed by atoms with Crippen LogP contribution in [0, 0.1) is 0 Å². The van der Waals surface area contributed by atoms with E-state index in [1.165, 1.54) is 0 Å². The van der Waals surface area contributed by atoms with Gasteiger partial charge in [0.25, 0.3) is 0 Å². The number of carbonyl (C=O) groups is 1. The predicted octanol–water partition coefficient (Wildman–Crippen LogP) is 2.29. The molecule has 0 radical (unpaired) electrons. The van der Waals surface area contributed by atoms with Gasteiger partial charge < -0.3 is 9.88 Å². The van der Waals surface area contributed by atoms with Crippen molar-refractivity contribution >= 4 is 16.9 Å². The summed E-state index contributed by atoms with van der Waals surface area (Å²) in [7, 11) is 0. The van der Waals surface area contributed by atoms with E-state index < -0.39 is 0 Å². The number of aromatic nitrogens is 2. The first kappa shape index (κ1) is 11.3. The van der Waals surface area contributed by atoms with Gasteiger partial charge in [-0.15, -0.1) is 0 Å². The highest BCUT2D eigenvalue weighted by Crippen LogP contribution is 2.26. The van der Waals surface area contributed by atoms with Crippen molar-refractivity contribution in [3.8, 4) is 0 Å². The van der Waals surface area contributed by atoms with Gasteiger partial charge in [0.1, 0.15) is 5.82 Å². The molecule has 2 aromatic rings. The average Bonchev–Trinajstić information content (AvgIpc) is 2.82. The number of hydrogen-bond acceptors (Lipinski definition) is 2. The van der Waals surface area contributed by atoms with Crippen LogP contribution in [0.15, 0.2) is 24.3 Å². The van der Waals surface area contributed by atoms with Gasteiger partial charge >= 0.3 is 0 Å². The average molecular weight is 243 g/mol. The summed E-state index contributed by atoms with van der Waals surface area (Å²) < 4.78 is 0. The lowest BCUT2D eigenvalue weighted by Crippen LogP contribution is -2.37. The minimum absolute atomic E-state index is 0.163. The third-order valence-electron chi connectivity index (χ3n) is 3.66. The van der Waals surface area contributed by atoms with E-state index in [4.69, 9.17) is 0 Å². The Hall–Kier alpha value is -1.84. The van der Waals surface area contributed by atoms with Crippen molar-refractivity contribution in [2.24, 2.45) is 0 Å². The monoisotopic (exact) mass is 243 g/mol. The highest BCUT2D eigenvalue weighted by atomic mass is 16.2. The molecule has 1 atom stereocenters. The van der Waals surface area contributed by atoms with Gasteiger partial charge in [0.05, 0.1) is 11.0 Å². The summed E-state index contributed by atoms with van der Waals surface area (Å²) in [5.41, 5.74) is 2.08. The van der Waals surface area contributed by atoms with Gasteiger partial charge in [-0.05, 0) is 25.0 Å². The maximum Gasteiger partial charge on any atom is 0.219 e. The molecule has 1 fully saturated rings. The fraction of sp³-hybridized carbons (Fsp3) is 0.429. The molecule has 1 aliphatic rings. The number of nitrogens with zero attached hydrogens (tertiary/aromatic N) is 2. The van der Waals surface area contributed by atoms with Crippen molar-refractivity contribution in [1.82, 2.24) is 14.9 Å². The van der Waals surface area contributed by atoms with Crippen LogP contribution >= 0.6 is 0 Å². The lowest BCUT2D eigenvalue weighted by molar-refractivity contribution is -0.130. The van der Waals surface area contributed by atoms with E-state index in [2.05, 4.69) is 9.97 Å². The molecule has 1 N–H and O–H groups in total. The number of likely N-dealkylation sites (tertiary alicyclic amines) is 1. The Balaban J connectivity index is 1.87. The SMILES string of the molecule is CC(=O)N1CCC[C@@H](c2nc3ccccc3[nH]2)C1. The summed E-state index contributed by atoms with van der Waals surface area (Å²) in [6.45, 7) is 3.31. The highest BCUT2D eigenvalue weighted by molar-refractivity contribution is 5.75. The van der Waals surface area contributed by atoms with Crippen LogP contribution in [0.4, 0.5) is 0 Å². The van der Waals surface area contributed by atoms with Crippen LogP contribution < -0.4 is 0 Å². The van der Waals surface area contributed by atoms with Crippen molar-refractivity contribution in [3.05, 3.63) is 30.1 Å². The minimum Gasteiger partial charge on any atom is -0.342 e. The minimum atomic E-state index is 0.163. The number of rotatable bonds is 1. The third-order valence-corrected chi connectivity index (χ3v) is 3.66.